The number of fused-ring (bicyclic) bond motifs is 4. The maximum absolute atomic E-state index is 12.9. The third-order valence-electron chi connectivity index (χ3n) is 6.44. The van der Waals surface area contributed by atoms with E-state index in [0.29, 0.717) is 31.8 Å². The van der Waals surface area contributed by atoms with Crippen LogP contribution in [0.3, 0.4) is 0 Å². The maximum atomic E-state index is 12.9. The molecule has 150 valence electrons. The molecule has 2 aliphatic heterocycles. The number of nitrogens with zero attached hydrogens (tertiary/aromatic N) is 2. The van der Waals surface area contributed by atoms with E-state index in [4.69, 9.17) is 4.74 Å². The molecule has 0 atom stereocenters. The molecule has 3 aromatic rings. The van der Waals surface area contributed by atoms with Gasteiger partial charge in [0.05, 0.1) is 12.3 Å². The van der Waals surface area contributed by atoms with Crippen molar-refractivity contribution in [3.8, 4) is 0 Å². The van der Waals surface area contributed by atoms with E-state index in [1.807, 2.05) is 17.9 Å². The molecule has 5 rings (SSSR count). The molecule has 2 aromatic heterocycles. The molecular formula is C23H25N3O3. The molecule has 6 nitrogen and oxygen atoms in total. The van der Waals surface area contributed by atoms with Gasteiger partial charge >= 0.3 is 0 Å². The molecule has 1 aromatic carbocycles. The predicted octanol–water partition coefficient (Wildman–Crippen LogP) is 3.05. The number of amides is 1. The van der Waals surface area contributed by atoms with Crippen LogP contribution in [0.5, 0.6) is 0 Å². The Morgan fingerprint density at radius 1 is 1.21 bits per heavy atom. The number of hydrogen-bond donors (Lipinski definition) is 1. The van der Waals surface area contributed by atoms with E-state index in [1.165, 1.54) is 22.7 Å². The third kappa shape index (κ3) is 2.90. The summed E-state index contributed by atoms with van der Waals surface area (Å²) in [5.74, 6) is -0.0760. The average molecular weight is 391 g/mol. The maximum Gasteiger partial charge on any atom is 0.254 e. The molecule has 0 aliphatic carbocycles. The quantitative estimate of drug-likeness (QED) is 0.730. The Hall–Kier alpha value is -2.86. The van der Waals surface area contributed by atoms with Crippen LogP contribution < -0.4 is 5.56 Å². The number of nitrogens with one attached hydrogen (secondary N) is 1. The molecule has 0 radical (unpaired) electrons. The average Bonchev–Trinajstić information content (AvgIpc) is 3.14. The number of pyridine rings is 1. The minimum absolute atomic E-state index is 0.0760. The van der Waals surface area contributed by atoms with Gasteiger partial charge < -0.3 is 19.2 Å². The highest BCUT2D eigenvalue weighted by Gasteiger charge is 2.43. The fourth-order valence-electron chi connectivity index (χ4n) is 4.82. The van der Waals surface area contributed by atoms with Crippen LogP contribution in [0.25, 0.3) is 10.9 Å². The SMILES string of the molecule is CCn1ccc(C(=O)N2CCC3(CC2)OCCc2c3[nH]c3ccccc23)cc1=O. The molecule has 29 heavy (non-hydrogen) atoms. The van der Waals surface area contributed by atoms with E-state index in [0.717, 1.165) is 24.8 Å². The van der Waals surface area contributed by atoms with Gasteiger partial charge in [0, 0.05) is 48.4 Å². The zero-order valence-corrected chi connectivity index (χ0v) is 16.6. The Morgan fingerprint density at radius 2 is 2.00 bits per heavy atom. The van der Waals surface area contributed by atoms with Gasteiger partial charge in [-0.05, 0) is 43.9 Å². The highest BCUT2D eigenvalue weighted by molar-refractivity contribution is 5.94. The molecule has 0 saturated carbocycles. The number of likely N-dealkylation sites (tertiary alicyclic amines) is 1. The molecule has 1 N–H and O–H groups in total. The standard InChI is InChI=1S/C23H25N3O3/c1-2-25-11-7-16(15-20(25)27)22(28)26-12-9-23(10-13-26)21-18(8-14-29-23)17-5-3-4-6-19(17)24-21/h3-7,11,15,24H,2,8-10,12-14H2,1H3. The van der Waals surface area contributed by atoms with Crippen molar-refractivity contribution in [2.24, 2.45) is 0 Å². The molecule has 2 aliphatic rings. The van der Waals surface area contributed by atoms with Crippen LogP contribution in [0.15, 0.2) is 47.4 Å². The van der Waals surface area contributed by atoms with Gasteiger partial charge in [-0.15, -0.1) is 0 Å². The normalized spacial score (nSPS) is 18.2. The number of aromatic amines is 1. The first-order chi connectivity index (χ1) is 14.1. The lowest BCUT2D eigenvalue weighted by Gasteiger charge is -2.43. The van der Waals surface area contributed by atoms with Crippen LogP contribution in [0.1, 0.15) is 41.4 Å². The summed E-state index contributed by atoms with van der Waals surface area (Å²) in [6.45, 7) is 4.45. The van der Waals surface area contributed by atoms with Crippen LogP contribution in [-0.2, 0) is 23.3 Å². The minimum Gasteiger partial charge on any atom is -0.368 e. The lowest BCUT2D eigenvalue weighted by Crippen LogP contribution is -2.48. The second-order valence-corrected chi connectivity index (χ2v) is 7.95. The highest BCUT2D eigenvalue weighted by Crippen LogP contribution is 2.43. The second-order valence-electron chi connectivity index (χ2n) is 7.95. The second kappa shape index (κ2) is 6.88. The van der Waals surface area contributed by atoms with Gasteiger partial charge in [-0.1, -0.05) is 18.2 Å². The van der Waals surface area contributed by atoms with Crippen LogP contribution in [0.2, 0.25) is 0 Å². The van der Waals surface area contributed by atoms with Crippen molar-refractivity contribution in [1.29, 1.82) is 0 Å². The molecule has 1 amide bonds. The van der Waals surface area contributed by atoms with Crippen molar-refractivity contribution in [3.63, 3.8) is 0 Å². The molecule has 1 spiro atoms. The van der Waals surface area contributed by atoms with Gasteiger partial charge in [0.15, 0.2) is 0 Å². The van der Waals surface area contributed by atoms with Gasteiger partial charge in [0.25, 0.3) is 11.5 Å². The van der Waals surface area contributed by atoms with Crippen molar-refractivity contribution in [2.45, 2.75) is 38.3 Å². The molecule has 0 unspecified atom stereocenters. The number of hydrogen-bond acceptors (Lipinski definition) is 3. The number of H-pyrrole nitrogens is 1. The number of carbonyl (C=O) groups excluding carboxylic acids is 1. The van der Waals surface area contributed by atoms with Crippen LogP contribution >= 0.6 is 0 Å². The largest absolute Gasteiger partial charge is 0.368 e. The Morgan fingerprint density at radius 3 is 2.76 bits per heavy atom. The molecule has 1 fully saturated rings. The summed E-state index contributed by atoms with van der Waals surface area (Å²) in [5.41, 5.74) is 3.67. The summed E-state index contributed by atoms with van der Waals surface area (Å²) < 4.78 is 7.92. The van der Waals surface area contributed by atoms with Crippen molar-refractivity contribution in [3.05, 3.63) is 69.8 Å². The molecule has 4 heterocycles. The van der Waals surface area contributed by atoms with Crippen molar-refractivity contribution in [2.75, 3.05) is 19.7 Å². The summed E-state index contributed by atoms with van der Waals surface area (Å²) in [6, 6.07) is 11.6. The van der Waals surface area contributed by atoms with Crippen LogP contribution in [0.4, 0.5) is 0 Å². The molecule has 1 saturated heterocycles. The Balaban J connectivity index is 1.39. The zero-order chi connectivity index (χ0) is 20.0. The van der Waals surface area contributed by atoms with E-state index < -0.39 is 0 Å². The summed E-state index contributed by atoms with van der Waals surface area (Å²) in [7, 11) is 0. The summed E-state index contributed by atoms with van der Waals surface area (Å²) in [6.07, 6.45) is 4.12. The number of para-hydroxylation sites is 1. The summed E-state index contributed by atoms with van der Waals surface area (Å²) in [5, 5.41) is 1.28. The Labute approximate surface area is 169 Å². The van der Waals surface area contributed by atoms with Crippen LogP contribution in [-0.4, -0.2) is 40.1 Å². The third-order valence-corrected chi connectivity index (χ3v) is 6.44. The fourth-order valence-corrected chi connectivity index (χ4v) is 4.82. The Kier molecular flexibility index (Phi) is 4.32. The van der Waals surface area contributed by atoms with Gasteiger partial charge in [0.2, 0.25) is 0 Å². The van der Waals surface area contributed by atoms with E-state index in [1.54, 1.807) is 16.8 Å². The lowest BCUT2D eigenvalue weighted by molar-refractivity contribution is -0.0957. The number of piperidine rings is 1. The van der Waals surface area contributed by atoms with Crippen LogP contribution in [0, 0.1) is 0 Å². The zero-order valence-electron chi connectivity index (χ0n) is 16.6. The first kappa shape index (κ1) is 18.2. The number of aromatic nitrogens is 2. The summed E-state index contributed by atoms with van der Waals surface area (Å²) >= 11 is 0. The number of ether oxygens (including phenoxy) is 1. The predicted molar refractivity (Wildman–Crippen MR) is 111 cm³/mol. The van der Waals surface area contributed by atoms with Gasteiger partial charge in [0.1, 0.15) is 5.60 Å². The van der Waals surface area contributed by atoms with E-state index in [2.05, 4.69) is 23.2 Å². The molecular weight excluding hydrogens is 366 g/mol. The van der Waals surface area contributed by atoms with Gasteiger partial charge in [-0.2, -0.15) is 0 Å². The summed E-state index contributed by atoms with van der Waals surface area (Å²) in [4.78, 5) is 30.5. The first-order valence-corrected chi connectivity index (χ1v) is 10.3. The molecule has 0 bridgehead atoms. The number of aryl methyl sites for hydroxylation is 1. The Bertz CT molecular complexity index is 1140. The number of benzene rings is 1. The highest BCUT2D eigenvalue weighted by atomic mass is 16.5. The van der Waals surface area contributed by atoms with E-state index in [-0.39, 0.29) is 17.1 Å². The van der Waals surface area contributed by atoms with E-state index in [9.17, 15) is 9.59 Å². The molecule has 6 heteroatoms. The van der Waals surface area contributed by atoms with Gasteiger partial charge in [-0.25, -0.2) is 0 Å². The fraction of sp³-hybridized carbons (Fsp3) is 0.391. The minimum atomic E-state index is -0.352. The van der Waals surface area contributed by atoms with Gasteiger partial charge in [-0.3, -0.25) is 9.59 Å². The topological polar surface area (TPSA) is 67.3 Å². The van der Waals surface area contributed by atoms with Crippen molar-refractivity contribution >= 4 is 16.8 Å². The smallest absolute Gasteiger partial charge is 0.254 e. The van der Waals surface area contributed by atoms with E-state index >= 15 is 0 Å². The lowest BCUT2D eigenvalue weighted by atomic mass is 9.83. The first-order valence-electron chi connectivity index (χ1n) is 10.3. The number of rotatable bonds is 2. The monoisotopic (exact) mass is 391 g/mol. The number of carbonyl (C=O) groups is 1. The van der Waals surface area contributed by atoms with Crippen molar-refractivity contribution in [1.82, 2.24) is 14.5 Å². The van der Waals surface area contributed by atoms with Crippen molar-refractivity contribution < 1.29 is 9.53 Å².